The Morgan fingerprint density at radius 2 is 0.946 bits per heavy atom. The highest BCUT2D eigenvalue weighted by molar-refractivity contribution is 5.67. The highest BCUT2D eigenvalue weighted by atomic mass is 16.4. The molecule has 0 bridgehead atoms. The van der Waals surface area contributed by atoms with Crippen molar-refractivity contribution >= 4 is 17.9 Å². The summed E-state index contributed by atoms with van der Waals surface area (Å²) in [6.07, 6.45) is 25.3. The van der Waals surface area contributed by atoms with Gasteiger partial charge in [-0.25, -0.2) is 0 Å². The van der Waals surface area contributed by atoms with Crippen molar-refractivity contribution in [2.24, 2.45) is 0 Å². The molecule has 0 aliphatic rings. The first kappa shape index (κ1) is 35.1. The Morgan fingerprint density at radius 1 is 0.568 bits per heavy atom. The molecule has 0 spiro atoms. The van der Waals surface area contributed by atoms with Crippen LogP contribution in [-0.4, -0.2) is 58.8 Å². The van der Waals surface area contributed by atoms with Crippen LogP contribution in [0, 0.1) is 0 Å². The third-order valence-corrected chi connectivity index (χ3v) is 7.30. The Hall–Kier alpha value is -1.89. The molecule has 0 fully saturated rings. The van der Waals surface area contributed by atoms with Gasteiger partial charge in [-0.1, -0.05) is 96.1 Å². The van der Waals surface area contributed by atoms with Gasteiger partial charge in [-0.15, -0.1) is 0 Å². The molecule has 0 aromatic heterocycles. The quantitative estimate of drug-likeness (QED) is 0.0724. The van der Waals surface area contributed by atoms with Crippen LogP contribution in [0.15, 0.2) is 12.2 Å². The molecule has 0 atom stereocenters. The average molecular weight is 526 g/mol. The lowest BCUT2D eigenvalue weighted by molar-refractivity contribution is -0.927. The van der Waals surface area contributed by atoms with Crippen LogP contribution >= 0.6 is 0 Å². The van der Waals surface area contributed by atoms with Crippen LogP contribution in [0.2, 0.25) is 0 Å². The number of quaternary nitrogens is 1. The van der Waals surface area contributed by atoms with Gasteiger partial charge in [0.15, 0.2) is 0 Å². The number of nitrogens with zero attached hydrogens (tertiary/aromatic N) is 1. The van der Waals surface area contributed by atoms with Gasteiger partial charge in [0, 0.05) is 12.4 Å². The topological polar surface area (TPSA) is 115 Å². The van der Waals surface area contributed by atoms with Crippen LogP contribution in [-0.2, 0) is 14.4 Å². The van der Waals surface area contributed by atoms with E-state index in [9.17, 15) is 19.5 Å². The molecule has 0 aromatic carbocycles. The van der Waals surface area contributed by atoms with E-state index in [1.54, 1.807) is 0 Å². The summed E-state index contributed by atoms with van der Waals surface area (Å²) in [6.45, 7) is 3.53. The summed E-state index contributed by atoms with van der Waals surface area (Å²) in [5.41, 5.74) is 0. The standard InChI is InChI=1S/C30H55NO6/c1-2-3-4-5-6-7-8-9-10-11-12-13-14-15-16-17-18-19-20-24-31(25-21-28(32)33,26-22-29(34)35)27-23-30(36)37/h3-4H,2,5-27H2,1H3,(H2-,32,33,34,35,36,37)/b4-3+. The fraction of sp³-hybridized carbons (Fsp3) is 0.833. The van der Waals surface area contributed by atoms with Crippen molar-refractivity contribution in [2.75, 3.05) is 26.2 Å². The van der Waals surface area contributed by atoms with Crippen LogP contribution < -0.4 is 5.11 Å². The van der Waals surface area contributed by atoms with Gasteiger partial charge in [-0.2, -0.15) is 0 Å². The average Bonchev–Trinajstić information content (AvgIpc) is 2.85. The molecule has 0 rings (SSSR count). The van der Waals surface area contributed by atoms with Gasteiger partial charge in [0.05, 0.1) is 39.0 Å². The van der Waals surface area contributed by atoms with Crippen molar-refractivity contribution in [1.82, 2.24) is 0 Å². The van der Waals surface area contributed by atoms with Crippen molar-refractivity contribution in [3.05, 3.63) is 12.2 Å². The molecule has 0 aliphatic carbocycles. The number of allylic oxidation sites excluding steroid dienone is 2. The van der Waals surface area contributed by atoms with Gasteiger partial charge < -0.3 is 24.6 Å². The second kappa shape index (κ2) is 24.4. The normalized spacial score (nSPS) is 11.8. The highest BCUT2D eigenvalue weighted by Gasteiger charge is 2.28. The Kier molecular flexibility index (Phi) is 23.2. The van der Waals surface area contributed by atoms with Gasteiger partial charge >= 0.3 is 11.9 Å². The molecule has 216 valence electrons. The maximum Gasteiger partial charge on any atom is 0.309 e. The smallest absolute Gasteiger partial charge is 0.309 e. The molecule has 0 saturated carbocycles. The van der Waals surface area contributed by atoms with E-state index < -0.39 is 17.9 Å². The number of hydrogen-bond acceptors (Lipinski definition) is 4. The third-order valence-electron chi connectivity index (χ3n) is 7.30. The number of carboxylic acids is 3. The first-order chi connectivity index (χ1) is 17.8. The molecule has 0 heterocycles. The van der Waals surface area contributed by atoms with Gasteiger partial charge in [-0.05, 0) is 32.1 Å². The fourth-order valence-electron chi connectivity index (χ4n) is 4.96. The van der Waals surface area contributed by atoms with Crippen molar-refractivity contribution in [2.45, 2.75) is 135 Å². The monoisotopic (exact) mass is 525 g/mol. The zero-order valence-corrected chi connectivity index (χ0v) is 23.6. The summed E-state index contributed by atoms with van der Waals surface area (Å²) in [5.74, 6) is -3.08. The molecule has 7 nitrogen and oxygen atoms in total. The number of carbonyl (C=O) groups excluding carboxylic acids is 1. The van der Waals surface area contributed by atoms with Crippen LogP contribution in [0.3, 0.4) is 0 Å². The summed E-state index contributed by atoms with van der Waals surface area (Å²) in [7, 11) is 0. The number of hydrogen-bond donors (Lipinski definition) is 2. The van der Waals surface area contributed by atoms with Crippen LogP contribution in [0.5, 0.6) is 0 Å². The third kappa shape index (κ3) is 24.2. The van der Waals surface area contributed by atoms with E-state index in [1.807, 2.05) is 0 Å². The maximum absolute atomic E-state index is 11.1. The molecular formula is C30H55NO6. The molecule has 0 amide bonds. The predicted molar refractivity (Wildman–Crippen MR) is 147 cm³/mol. The molecular weight excluding hydrogens is 470 g/mol. The minimum atomic E-state index is -1.18. The van der Waals surface area contributed by atoms with Crippen LogP contribution in [0.1, 0.15) is 135 Å². The summed E-state index contributed by atoms with van der Waals surface area (Å²) in [5, 5.41) is 29.2. The van der Waals surface area contributed by atoms with Crippen molar-refractivity contribution in [3.63, 3.8) is 0 Å². The van der Waals surface area contributed by atoms with E-state index in [0.29, 0.717) is 6.54 Å². The summed E-state index contributed by atoms with van der Waals surface area (Å²) in [6, 6.07) is 0. The minimum absolute atomic E-state index is 0.0936. The van der Waals surface area contributed by atoms with Crippen molar-refractivity contribution in [1.29, 1.82) is 0 Å². The molecule has 0 saturated heterocycles. The largest absolute Gasteiger partial charge is 0.550 e. The molecule has 0 aromatic rings. The molecule has 0 unspecified atom stereocenters. The van der Waals surface area contributed by atoms with Gasteiger partial charge in [0.25, 0.3) is 0 Å². The predicted octanol–water partition coefficient (Wildman–Crippen LogP) is 6.10. The molecule has 7 heteroatoms. The second-order valence-corrected chi connectivity index (χ2v) is 10.6. The SMILES string of the molecule is CC/C=C/CCCCCCCCCCCCCCCCC[N+](CCC(=O)[O-])(CCC(=O)O)CCC(=O)O. The first-order valence-corrected chi connectivity index (χ1v) is 14.9. The fourth-order valence-corrected chi connectivity index (χ4v) is 4.96. The van der Waals surface area contributed by atoms with Gasteiger partial charge in [-0.3, -0.25) is 9.59 Å². The maximum atomic E-state index is 11.1. The Bertz CT molecular complexity index is 574. The van der Waals surface area contributed by atoms with Crippen molar-refractivity contribution < 1.29 is 34.2 Å². The Morgan fingerprint density at radius 3 is 1.32 bits per heavy atom. The van der Waals surface area contributed by atoms with E-state index in [-0.39, 0.29) is 43.4 Å². The summed E-state index contributed by atoms with van der Waals surface area (Å²) < 4.78 is 0.225. The second-order valence-electron chi connectivity index (χ2n) is 10.6. The summed E-state index contributed by atoms with van der Waals surface area (Å²) in [4.78, 5) is 33.2. The van der Waals surface area contributed by atoms with E-state index in [4.69, 9.17) is 10.2 Å². The van der Waals surface area contributed by atoms with Crippen LogP contribution in [0.25, 0.3) is 0 Å². The molecule has 0 radical (unpaired) electrons. The lowest BCUT2D eigenvalue weighted by Crippen LogP contribution is -2.53. The number of unbranched alkanes of at least 4 members (excludes halogenated alkanes) is 15. The van der Waals surface area contributed by atoms with E-state index in [2.05, 4.69) is 19.1 Å². The molecule has 0 aliphatic heterocycles. The summed E-state index contributed by atoms with van der Waals surface area (Å²) >= 11 is 0. The minimum Gasteiger partial charge on any atom is -0.550 e. The lowest BCUT2D eigenvalue weighted by Gasteiger charge is -2.38. The number of carbonyl (C=O) groups is 3. The number of aliphatic carboxylic acids is 3. The van der Waals surface area contributed by atoms with Crippen molar-refractivity contribution in [3.8, 4) is 0 Å². The zero-order chi connectivity index (χ0) is 27.6. The van der Waals surface area contributed by atoms with E-state index in [1.165, 1.54) is 83.5 Å². The first-order valence-electron chi connectivity index (χ1n) is 14.9. The van der Waals surface area contributed by atoms with Gasteiger partial charge in [0.2, 0.25) is 0 Å². The van der Waals surface area contributed by atoms with E-state index >= 15 is 0 Å². The Balaban J connectivity index is 3.91. The van der Waals surface area contributed by atoms with E-state index in [0.717, 1.165) is 25.7 Å². The number of rotatable bonds is 28. The number of carboxylic acid groups (broad SMARTS) is 3. The molecule has 2 N–H and O–H groups in total. The highest BCUT2D eigenvalue weighted by Crippen LogP contribution is 2.17. The lowest BCUT2D eigenvalue weighted by atomic mass is 10.0. The van der Waals surface area contributed by atoms with Gasteiger partial charge in [0.1, 0.15) is 0 Å². The van der Waals surface area contributed by atoms with Crippen LogP contribution in [0.4, 0.5) is 0 Å². The zero-order valence-electron chi connectivity index (χ0n) is 23.6. The Labute approximate surface area is 225 Å². The molecule has 37 heavy (non-hydrogen) atoms.